The van der Waals surface area contributed by atoms with Gasteiger partial charge in [-0.2, -0.15) is 0 Å². The number of esters is 2. The second kappa shape index (κ2) is 9.20. The van der Waals surface area contributed by atoms with Crippen molar-refractivity contribution in [3.05, 3.63) is 96.1 Å². The molecule has 0 saturated carbocycles. The Morgan fingerprint density at radius 3 is 2.00 bits per heavy atom. The molecular weight excluding hydrogens is 344 g/mol. The van der Waals surface area contributed by atoms with Crippen LogP contribution in [-0.4, -0.2) is 18.5 Å². The minimum Gasteiger partial charge on any atom is -0.482 e. The number of hydrogen-bond donors (Lipinski definition) is 0. The molecule has 0 spiro atoms. The highest BCUT2D eigenvalue weighted by molar-refractivity contribution is 5.89. The Hall–Kier alpha value is -3.60. The van der Waals surface area contributed by atoms with E-state index < -0.39 is 11.9 Å². The minimum absolute atomic E-state index is 0.202. The number of para-hydroxylation sites is 1. The second-order valence-electron chi connectivity index (χ2n) is 5.66. The molecule has 0 atom stereocenters. The van der Waals surface area contributed by atoms with E-state index in [-0.39, 0.29) is 13.2 Å². The van der Waals surface area contributed by atoms with Crippen LogP contribution in [0.2, 0.25) is 0 Å². The third-order valence-corrected chi connectivity index (χ3v) is 3.63. The van der Waals surface area contributed by atoms with Crippen LogP contribution in [0.4, 0.5) is 0 Å². The Kier molecular flexibility index (Phi) is 6.20. The molecule has 0 amide bonds. The highest BCUT2D eigenvalue weighted by atomic mass is 16.6. The lowest BCUT2D eigenvalue weighted by Gasteiger charge is -2.08. The lowest BCUT2D eigenvalue weighted by molar-refractivity contribution is -0.136. The summed E-state index contributed by atoms with van der Waals surface area (Å²) in [5.41, 5.74) is 1.29. The molecule has 5 nitrogen and oxygen atoms in total. The molecule has 0 unspecified atom stereocenters. The maximum Gasteiger partial charge on any atom is 0.349 e. The van der Waals surface area contributed by atoms with Crippen LogP contribution in [0.25, 0.3) is 0 Å². The van der Waals surface area contributed by atoms with Gasteiger partial charge in [-0.05, 0) is 42.0 Å². The molecular formula is C22H18O5. The minimum atomic E-state index is -0.529. The van der Waals surface area contributed by atoms with Crippen molar-refractivity contribution in [3.63, 3.8) is 0 Å². The van der Waals surface area contributed by atoms with Crippen LogP contribution in [0.1, 0.15) is 15.9 Å². The van der Waals surface area contributed by atoms with Gasteiger partial charge in [0.15, 0.2) is 6.61 Å². The van der Waals surface area contributed by atoms with Crippen molar-refractivity contribution >= 4 is 11.9 Å². The highest BCUT2D eigenvalue weighted by Gasteiger charge is 2.10. The Balaban J connectivity index is 1.47. The van der Waals surface area contributed by atoms with E-state index in [2.05, 4.69) is 0 Å². The number of carbonyl (C=O) groups is 2. The molecule has 136 valence electrons. The topological polar surface area (TPSA) is 61.8 Å². The fraction of sp³-hybridized carbons (Fsp3) is 0.0909. The van der Waals surface area contributed by atoms with E-state index in [9.17, 15) is 9.59 Å². The van der Waals surface area contributed by atoms with Gasteiger partial charge in [-0.1, -0.05) is 48.5 Å². The molecule has 3 rings (SSSR count). The number of benzene rings is 3. The van der Waals surface area contributed by atoms with Gasteiger partial charge in [0.05, 0.1) is 5.56 Å². The van der Waals surface area contributed by atoms with E-state index in [1.807, 2.05) is 48.5 Å². The normalized spacial score (nSPS) is 10.1. The summed E-state index contributed by atoms with van der Waals surface area (Å²) in [5, 5.41) is 0. The fourth-order valence-corrected chi connectivity index (χ4v) is 2.29. The van der Waals surface area contributed by atoms with Crippen LogP contribution >= 0.6 is 0 Å². The quantitative estimate of drug-likeness (QED) is 0.469. The zero-order chi connectivity index (χ0) is 18.9. The third-order valence-electron chi connectivity index (χ3n) is 3.63. The summed E-state index contributed by atoms with van der Waals surface area (Å²) in [6.07, 6.45) is 0. The van der Waals surface area contributed by atoms with Crippen LogP contribution in [-0.2, 0) is 16.1 Å². The van der Waals surface area contributed by atoms with Crippen LogP contribution in [0.15, 0.2) is 84.9 Å². The molecule has 0 fully saturated rings. The van der Waals surface area contributed by atoms with E-state index >= 15 is 0 Å². The predicted molar refractivity (Wildman–Crippen MR) is 99.6 cm³/mol. The van der Waals surface area contributed by atoms with Gasteiger partial charge in [-0.15, -0.1) is 0 Å². The van der Waals surface area contributed by atoms with Crippen molar-refractivity contribution in [1.29, 1.82) is 0 Å². The van der Waals surface area contributed by atoms with Gasteiger partial charge in [-0.25, -0.2) is 9.59 Å². The summed E-state index contributed by atoms with van der Waals surface area (Å²) in [7, 11) is 0. The van der Waals surface area contributed by atoms with Crippen molar-refractivity contribution in [2.75, 3.05) is 6.61 Å². The van der Waals surface area contributed by atoms with Crippen molar-refractivity contribution in [3.8, 4) is 11.5 Å². The van der Waals surface area contributed by atoms with E-state index in [4.69, 9.17) is 14.2 Å². The smallest absolute Gasteiger partial charge is 0.349 e. The molecule has 5 heteroatoms. The van der Waals surface area contributed by atoms with Gasteiger partial charge < -0.3 is 14.2 Å². The van der Waals surface area contributed by atoms with E-state index in [1.165, 1.54) is 0 Å². The number of hydrogen-bond acceptors (Lipinski definition) is 5. The maximum atomic E-state index is 12.1. The first-order valence-electron chi connectivity index (χ1n) is 8.40. The number of rotatable bonds is 7. The molecule has 0 radical (unpaired) electrons. The van der Waals surface area contributed by atoms with Gasteiger partial charge in [0, 0.05) is 0 Å². The fourth-order valence-electron chi connectivity index (χ4n) is 2.29. The summed E-state index contributed by atoms with van der Waals surface area (Å²) < 4.78 is 15.8. The van der Waals surface area contributed by atoms with Gasteiger partial charge in [0.1, 0.15) is 18.1 Å². The van der Waals surface area contributed by atoms with E-state index in [0.29, 0.717) is 17.1 Å². The first kappa shape index (κ1) is 18.2. The summed E-state index contributed by atoms with van der Waals surface area (Å²) in [6.45, 7) is -0.00187. The molecule has 27 heavy (non-hydrogen) atoms. The molecule has 0 aliphatic rings. The number of ether oxygens (including phenoxy) is 3. The Morgan fingerprint density at radius 2 is 1.33 bits per heavy atom. The second-order valence-corrected chi connectivity index (χ2v) is 5.66. The molecule has 0 aliphatic heterocycles. The summed E-state index contributed by atoms with van der Waals surface area (Å²) in [5.74, 6) is -0.0513. The lowest BCUT2D eigenvalue weighted by atomic mass is 10.2. The average Bonchev–Trinajstić information content (AvgIpc) is 2.72. The monoisotopic (exact) mass is 362 g/mol. The zero-order valence-electron chi connectivity index (χ0n) is 14.5. The van der Waals surface area contributed by atoms with E-state index in [1.54, 1.807) is 36.4 Å². The molecule has 0 aliphatic carbocycles. The Morgan fingerprint density at radius 1 is 0.704 bits per heavy atom. The van der Waals surface area contributed by atoms with Crippen LogP contribution in [0.5, 0.6) is 11.5 Å². The molecule has 0 bridgehead atoms. The van der Waals surface area contributed by atoms with E-state index in [0.717, 1.165) is 5.56 Å². The van der Waals surface area contributed by atoms with Crippen molar-refractivity contribution in [1.82, 2.24) is 0 Å². The molecule has 3 aromatic rings. The molecule has 3 aromatic carbocycles. The maximum absolute atomic E-state index is 12.1. The zero-order valence-corrected chi connectivity index (χ0v) is 14.5. The van der Waals surface area contributed by atoms with Crippen LogP contribution < -0.4 is 9.47 Å². The molecule has 0 heterocycles. The van der Waals surface area contributed by atoms with Gasteiger partial charge in [-0.3, -0.25) is 0 Å². The van der Waals surface area contributed by atoms with Gasteiger partial charge in [0.25, 0.3) is 0 Å². The predicted octanol–water partition coefficient (Wildman–Crippen LogP) is 4.03. The SMILES string of the molecule is O=C(COc1ccccc1)Oc1ccc(C(=O)OCc2ccccc2)cc1. The summed E-state index contributed by atoms with van der Waals surface area (Å²) in [6, 6.07) is 24.6. The third kappa shape index (κ3) is 5.71. The summed E-state index contributed by atoms with van der Waals surface area (Å²) >= 11 is 0. The van der Waals surface area contributed by atoms with Crippen molar-refractivity contribution < 1.29 is 23.8 Å². The van der Waals surface area contributed by atoms with Gasteiger partial charge >= 0.3 is 11.9 Å². The summed E-state index contributed by atoms with van der Waals surface area (Å²) in [4.78, 5) is 23.9. The highest BCUT2D eigenvalue weighted by Crippen LogP contribution is 2.15. The first-order chi connectivity index (χ1) is 13.2. The Labute approximate surface area is 157 Å². The van der Waals surface area contributed by atoms with Crippen molar-refractivity contribution in [2.45, 2.75) is 6.61 Å². The molecule has 0 saturated heterocycles. The number of carbonyl (C=O) groups excluding carboxylic acids is 2. The molecule has 0 aromatic heterocycles. The molecule has 0 N–H and O–H groups in total. The van der Waals surface area contributed by atoms with Crippen molar-refractivity contribution in [2.24, 2.45) is 0 Å². The standard InChI is InChI=1S/C22H18O5/c23-21(16-25-19-9-5-2-6-10-19)27-20-13-11-18(12-14-20)22(24)26-15-17-7-3-1-4-8-17/h1-14H,15-16H2. The van der Waals surface area contributed by atoms with Crippen LogP contribution in [0, 0.1) is 0 Å². The first-order valence-corrected chi connectivity index (χ1v) is 8.40. The lowest BCUT2D eigenvalue weighted by Crippen LogP contribution is -2.17. The largest absolute Gasteiger partial charge is 0.482 e. The average molecular weight is 362 g/mol. The van der Waals surface area contributed by atoms with Gasteiger partial charge in [0.2, 0.25) is 0 Å². The van der Waals surface area contributed by atoms with Crippen LogP contribution in [0.3, 0.4) is 0 Å². The Bertz CT molecular complexity index is 874.